The lowest BCUT2D eigenvalue weighted by Crippen LogP contribution is -2.48. The summed E-state index contributed by atoms with van der Waals surface area (Å²) >= 11 is 0. The largest absolute Gasteiger partial charge is 0.447 e. The fraction of sp³-hybridized carbons (Fsp3) is 0.447. The summed E-state index contributed by atoms with van der Waals surface area (Å²) in [5, 5.41) is 3.04. The van der Waals surface area contributed by atoms with Crippen LogP contribution in [0.5, 0.6) is 0 Å². The fourth-order valence-electron chi connectivity index (χ4n) is 17.2. The number of fused-ring (bicyclic) bond motifs is 5. The first-order chi connectivity index (χ1) is 66.8. The van der Waals surface area contributed by atoms with E-state index in [1.807, 2.05) is 35.2 Å². The number of piperidine rings is 5. The van der Waals surface area contributed by atoms with Crippen LogP contribution < -0.4 is 48.1 Å². The van der Waals surface area contributed by atoms with E-state index in [0.29, 0.717) is 155 Å². The maximum absolute atomic E-state index is 14.1. The summed E-state index contributed by atoms with van der Waals surface area (Å²) in [6.45, 7) is 55.1. The molecule has 11 aromatic rings. The highest BCUT2D eigenvalue weighted by atomic mass is 32.2. The molecule has 37 nitrogen and oxygen atoms in total. The lowest BCUT2D eigenvalue weighted by atomic mass is 9.87. The fourth-order valence-corrected chi connectivity index (χ4v) is 21.1. The molecule has 16 rings (SSSR count). The monoisotopic (exact) mass is 2030 g/mol. The molecule has 5 fully saturated rings. The average molecular weight is 2040 g/mol. The minimum absolute atomic E-state index is 0.0108. The number of hydrogen-bond acceptors (Lipinski definition) is 27. The molecule has 5 aliphatic heterocycles. The first-order valence-corrected chi connectivity index (χ1v) is 53.6. The van der Waals surface area contributed by atoms with Crippen LogP contribution in [0.25, 0.3) is 78.7 Å². The van der Waals surface area contributed by atoms with E-state index in [-0.39, 0.29) is 76.3 Å². The molecule has 141 heavy (non-hydrogen) atoms. The number of rotatable bonds is 24. The quantitative estimate of drug-likeness (QED) is 0.0162. The molecule has 0 amide bonds. The van der Waals surface area contributed by atoms with Crippen molar-refractivity contribution < 1.29 is 73.6 Å². The van der Waals surface area contributed by atoms with E-state index in [4.69, 9.17) is 37.6 Å². The lowest BCUT2D eigenvalue weighted by Gasteiger charge is -2.38. The Morgan fingerprint density at radius 1 is 0.397 bits per heavy atom. The second kappa shape index (κ2) is 46.3. The Kier molecular flexibility index (Phi) is 35.1. The van der Waals surface area contributed by atoms with Crippen LogP contribution in [0.4, 0.5) is 79.5 Å². The van der Waals surface area contributed by atoms with Crippen LogP contribution in [0.2, 0.25) is 0 Å². The summed E-state index contributed by atoms with van der Waals surface area (Å²) in [4.78, 5) is 79.4. The van der Waals surface area contributed by atoms with Gasteiger partial charge in [-0.05, 0) is 203 Å². The van der Waals surface area contributed by atoms with E-state index in [2.05, 4.69) is 117 Å². The third-order valence-corrected chi connectivity index (χ3v) is 31.7. The van der Waals surface area contributed by atoms with E-state index < -0.39 is 94.9 Å². The Morgan fingerprint density at radius 3 is 0.950 bits per heavy atom. The molecule has 7 unspecified atom stereocenters. The summed E-state index contributed by atoms with van der Waals surface area (Å²) < 4.78 is 206. The number of hydrogen-bond donors (Lipinski definition) is 5. The van der Waals surface area contributed by atoms with Crippen molar-refractivity contribution in [1.29, 1.82) is 0 Å². The van der Waals surface area contributed by atoms with E-state index >= 15 is 0 Å². The minimum atomic E-state index is -3.58. The van der Waals surface area contributed by atoms with Crippen LogP contribution in [-0.2, 0) is 59.6 Å². The highest BCUT2D eigenvalue weighted by Crippen LogP contribution is 2.41. The van der Waals surface area contributed by atoms with Crippen LogP contribution in [0, 0.1) is 91.5 Å². The Balaban J connectivity index is 0.000000158. The Bertz CT molecular complexity index is 7110. The van der Waals surface area contributed by atoms with Gasteiger partial charge >= 0.3 is 0 Å². The van der Waals surface area contributed by atoms with Gasteiger partial charge in [-0.25, -0.2) is 157 Å². The van der Waals surface area contributed by atoms with Gasteiger partial charge in [-0.15, -0.1) is 0 Å². The van der Waals surface area contributed by atoms with Crippen LogP contribution >= 0.6 is 0 Å². The zero-order valence-corrected chi connectivity index (χ0v) is 83.0. The highest BCUT2D eigenvalue weighted by molar-refractivity contribution is 7.91. The van der Waals surface area contributed by atoms with Crippen molar-refractivity contribution in [3.8, 4) is 0 Å². The van der Waals surface area contributed by atoms with Gasteiger partial charge in [-0.2, -0.15) is 4.72 Å². The third-order valence-electron chi connectivity index (χ3n) is 24.6. The summed E-state index contributed by atoms with van der Waals surface area (Å²) in [6, 6.07) is 22.7. The maximum atomic E-state index is 14.1. The number of halogens is 5. The summed E-state index contributed by atoms with van der Waals surface area (Å²) in [7, 11) is -17.0. The number of carbonyl (C=O) groups is 1. The van der Waals surface area contributed by atoms with Gasteiger partial charge in [0.15, 0.2) is 6.23 Å². The number of aromatic nitrogens is 10. The lowest BCUT2D eigenvalue weighted by molar-refractivity contribution is -0.137. The molecule has 5 saturated heterocycles. The second-order valence-electron chi connectivity index (χ2n) is 36.7. The molecule has 47 heteroatoms. The SMILES string of the molecule is [C-]#[N+]c1cc2c(N3CCCC(C(NS(C)(=O)=O)OC=O)C3)ncnc2cc1F.[C-]#[N+]c1cc2c(N3CCCC(C(NS(C)(=O)=O)c4ccccc4)C3)ncnc2cc1F.[C-]#[N+]c1cc2c(N3CCCC(CNS(=O)(=O)C(C)(C)C)C3)ncnc2cc1F.[C-]#[N+]c1cc2c(N3CCCC(CNS(=O)(=O)C(C)(C)C)C3)ncnc2cc1F.[C-]#[N+]c1cc2c(N3CCCC(CNS(=O)(=O)CC)C3)ncnc2cc1F. The number of nitrogens with one attached hydrogen (secondary N) is 5. The van der Waals surface area contributed by atoms with E-state index in [1.165, 1.54) is 98.6 Å². The van der Waals surface area contributed by atoms with E-state index in [0.717, 1.165) is 89.4 Å². The Morgan fingerprint density at radius 2 is 0.674 bits per heavy atom. The zero-order chi connectivity index (χ0) is 102. The summed E-state index contributed by atoms with van der Waals surface area (Å²) in [5.74, 6) is 0.258. The standard InChI is InChI=1S/C22H22FN5O2S.2C19H24FN5O2S.C17H18FN5O4S.C17H20FN5O2S/c1-24-20-11-17-19(12-18(20)23)25-14-26-22(17)28-10-6-9-16(13-28)21(27-31(2,29)30)15-7-4-3-5-8-15;2*1-19(2,3)28(26,27)24-10-13-6-5-7-25(11-13)18-14-8-17(21-4)15(20)9-16(14)22-12-23-18;1-19-15-6-12-14(7-13(15)18)20-9-21-16(12)23-5-3-4-11(8-23)17(27-10-24)22-28(2,25)26;1-3-26(24,25)22-9-12-5-4-6-23(10-12)17-13-7-16(19-2)14(18)8-15(13)20-11-21-17/h3-5,7-8,11-12,14,16,21,27H,6,9-10,13H2,2H3;2*8-9,12-13,24H,5-7,10-11H2,1-3H3;6-7,9-11,17,22H,3-5,8H2,2H3;7-8,11-12,22H,3-6,9-10H2,1H3. The van der Waals surface area contributed by atoms with Crippen LogP contribution in [0.3, 0.4) is 0 Å². The number of benzene rings is 6. The number of nitrogens with zero attached hydrogens (tertiary/aromatic N) is 20. The predicted molar refractivity (Wildman–Crippen MR) is 530 cm³/mol. The maximum Gasteiger partial charge on any atom is 0.294 e. The molecule has 5 aromatic heterocycles. The number of carbonyl (C=O) groups excluding carboxylic acids is 1. The smallest absolute Gasteiger partial charge is 0.294 e. The summed E-state index contributed by atoms with van der Waals surface area (Å²) in [6.07, 6.45) is 16.5. The third kappa shape index (κ3) is 27.5. The van der Waals surface area contributed by atoms with E-state index in [1.54, 1.807) is 48.5 Å². The molecule has 5 aliphatic rings. The molecule has 0 radical (unpaired) electrons. The van der Waals surface area contributed by atoms with Crippen molar-refractivity contribution in [3.05, 3.63) is 214 Å². The molecule has 7 atom stereocenters. The normalized spacial score (nSPS) is 18.2. The molecule has 0 spiro atoms. The van der Waals surface area contributed by atoms with Crippen molar-refractivity contribution in [2.24, 2.45) is 29.6 Å². The Labute approximate surface area is 816 Å². The second-order valence-corrected chi connectivity index (χ2v) is 47.4. The Hall–Kier alpha value is -12.9. The number of anilines is 5. The molecule has 0 saturated carbocycles. The van der Waals surface area contributed by atoms with Gasteiger partial charge in [0, 0.05) is 118 Å². The topological polar surface area (TPSA) is 424 Å². The van der Waals surface area contributed by atoms with Crippen molar-refractivity contribution in [2.45, 2.75) is 134 Å². The molecule has 0 aliphatic carbocycles. The molecule has 5 N–H and O–H groups in total. The zero-order valence-electron chi connectivity index (χ0n) is 78.9. The number of sulfonamides is 5. The highest BCUT2D eigenvalue weighted by Gasteiger charge is 2.38. The molecular weight excluding hydrogens is 1930 g/mol. The van der Waals surface area contributed by atoms with Crippen LogP contribution in [0.15, 0.2) is 123 Å². The summed E-state index contributed by atoms with van der Waals surface area (Å²) in [5.41, 5.74) is 2.69. The average Bonchev–Trinajstić information content (AvgIpc) is 0.719. The van der Waals surface area contributed by atoms with Gasteiger partial charge in [0.05, 0.1) is 94.2 Å². The first-order valence-electron chi connectivity index (χ1n) is 45.2. The van der Waals surface area contributed by atoms with Crippen LogP contribution in [-0.4, -0.2) is 217 Å². The number of ether oxygens (including phenoxy) is 1. The van der Waals surface area contributed by atoms with Gasteiger partial charge in [0.1, 0.15) is 89.8 Å². The van der Waals surface area contributed by atoms with Gasteiger partial charge < -0.3 is 29.2 Å². The van der Waals surface area contributed by atoms with Gasteiger partial charge in [0.2, 0.25) is 78.6 Å². The molecular formula is C94H108F5N25O12S5. The predicted octanol–water partition coefficient (Wildman–Crippen LogP) is 14.4. The van der Waals surface area contributed by atoms with Crippen molar-refractivity contribution in [1.82, 2.24) is 73.5 Å². The molecule has 0 bridgehead atoms. The van der Waals surface area contributed by atoms with Crippen LogP contribution in [0.1, 0.15) is 124 Å². The van der Waals surface area contributed by atoms with Crippen molar-refractivity contribution in [3.63, 3.8) is 0 Å². The molecule has 6 aromatic carbocycles. The van der Waals surface area contributed by atoms with E-state index in [9.17, 15) is 68.8 Å². The molecule has 746 valence electrons. The van der Waals surface area contributed by atoms with Crippen molar-refractivity contribution in [2.75, 3.05) is 128 Å². The van der Waals surface area contributed by atoms with Gasteiger partial charge in [0.25, 0.3) is 6.47 Å². The van der Waals surface area contributed by atoms with Gasteiger partial charge in [-0.1, -0.05) is 30.3 Å². The first kappa shape index (κ1) is 107. The van der Waals surface area contributed by atoms with Gasteiger partial charge in [-0.3, -0.25) is 4.79 Å². The van der Waals surface area contributed by atoms with Crippen molar-refractivity contribution >= 4 is 169 Å². The minimum Gasteiger partial charge on any atom is -0.447 e. The molecule has 10 heterocycles.